The first-order chi connectivity index (χ1) is 24.9. The van der Waals surface area contributed by atoms with Gasteiger partial charge in [-0.3, -0.25) is 4.55 Å². The summed E-state index contributed by atoms with van der Waals surface area (Å²) in [5.74, 6) is 0. The van der Waals surface area contributed by atoms with E-state index in [1.54, 1.807) is 12.1 Å². The summed E-state index contributed by atoms with van der Waals surface area (Å²) in [4.78, 5) is 0.00504. The summed E-state index contributed by atoms with van der Waals surface area (Å²) in [7, 11) is -4.17. The van der Waals surface area contributed by atoms with Gasteiger partial charge in [-0.2, -0.15) is 8.42 Å². The summed E-state index contributed by atoms with van der Waals surface area (Å²) in [5, 5.41) is 0. The molecule has 0 saturated heterocycles. The number of benzene rings is 1. The summed E-state index contributed by atoms with van der Waals surface area (Å²) in [6, 6.07) is 7.12. The predicted octanol–water partition coefficient (Wildman–Crippen LogP) is 15.2. The molecular formula is C46H88NO3S+. The molecule has 51 heavy (non-hydrogen) atoms. The molecule has 0 saturated carbocycles. The van der Waals surface area contributed by atoms with Crippen molar-refractivity contribution >= 4 is 10.1 Å². The molecule has 1 N–H and O–H groups in total. The second-order valence-corrected chi connectivity index (χ2v) is 17.8. The molecule has 0 fully saturated rings. The van der Waals surface area contributed by atoms with Gasteiger partial charge in [0.15, 0.2) is 0 Å². The quantitative estimate of drug-likeness (QED) is 0.0416. The van der Waals surface area contributed by atoms with Crippen LogP contribution in [0.1, 0.15) is 238 Å². The molecule has 0 aromatic heterocycles. The highest BCUT2D eigenvalue weighted by atomic mass is 32.2. The summed E-state index contributed by atoms with van der Waals surface area (Å²) >= 11 is 0. The predicted molar refractivity (Wildman–Crippen MR) is 224 cm³/mol. The average molecular weight is 735 g/mol. The Bertz CT molecular complexity index is 912. The summed E-state index contributed by atoms with van der Waals surface area (Å²) in [5.41, 5.74) is 1.21. The number of nitrogens with zero attached hydrogens (tertiary/aromatic N) is 1. The maximum Gasteiger partial charge on any atom is 0.294 e. The molecule has 4 nitrogen and oxygen atoms in total. The molecule has 0 unspecified atom stereocenters. The molecule has 0 bridgehead atoms. The van der Waals surface area contributed by atoms with Crippen molar-refractivity contribution in [3.05, 3.63) is 29.8 Å². The molecule has 1 aromatic carbocycles. The van der Waals surface area contributed by atoms with E-state index in [0.717, 1.165) is 11.0 Å². The Kier molecular flexibility index (Phi) is 31.7. The largest absolute Gasteiger partial charge is 0.320 e. The summed E-state index contributed by atoms with van der Waals surface area (Å²) in [6.45, 7) is 11.5. The average Bonchev–Trinajstić information content (AvgIpc) is 3.11. The smallest absolute Gasteiger partial charge is 0.294 e. The zero-order valence-electron chi connectivity index (χ0n) is 34.6. The highest BCUT2D eigenvalue weighted by Crippen LogP contribution is 2.24. The van der Waals surface area contributed by atoms with Crippen molar-refractivity contribution < 1.29 is 17.5 Å². The van der Waals surface area contributed by atoms with Gasteiger partial charge in [-0.1, -0.05) is 206 Å². The van der Waals surface area contributed by atoms with Gasteiger partial charge < -0.3 is 4.48 Å². The van der Waals surface area contributed by atoms with Crippen LogP contribution >= 0.6 is 0 Å². The van der Waals surface area contributed by atoms with Crippen LogP contribution in [0.2, 0.25) is 0 Å². The normalized spacial score (nSPS) is 12.2. The van der Waals surface area contributed by atoms with Gasteiger partial charge in [0.1, 0.15) is 6.54 Å². The maximum atomic E-state index is 11.8. The lowest BCUT2D eigenvalue weighted by molar-refractivity contribution is -0.941. The highest BCUT2D eigenvalue weighted by Gasteiger charge is 2.27. The molecule has 1 aromatic rings. The van der Waals surface area contributed by atoms with Gasteiger partial charge in [0.2, 0.25) is 0 Å². The fraction of sp³-hybridized carbons (Fsp3) is 0.870. The van der Waals surface area contributed by atoms with Crippen molar-refractivity contribution in [1.29, 1.82) is 0 Å². The van der Waals surface area contributed by atoms with Crippen molar-refractivity contribution in [2.24, 2.45) is 0 Å². The Balaban J connectivity index is 2.76. The maximum absolute atomic E-state index is 11.8. The Hall–Kier alpha value is -0.910. The van der Waals surface area contributed by atoms with E-state index in [1.165, 1.54) is 237 Å². The van der Waals surface area contributed by atoms with E-state index in [4.69, 9.17) is 0 Å². The van der Waals surface area contributed by atoms with Crippen LogP contribution in [0.4, 0.5) is 0 Å². The molecule has 0 heterocycles. The molecule has 0 spiro atoms. The van der Waals surface area contributed by atoms with E-state index in [9.17, 15) is 13.0 Å². The Morgan fingerprint density at radius 1 is 0.392 bits per heavy atom. The molecular weight excluding hydrogens is 647 g/mol. The second kappa shape index (κ2) is 33.6. The van der Waals surface area contributed by atoms with Crippen LogP contribution in [0, 0.1) is 0 Å². The van der Waals surface area contributed by atoms with E-state index >= 15 is 0 Å². The summed E-state index contributed by atoms with van der Waals surface area (Å²) in [6.07, 6.45) is 45.3. The van der Waals surface area contributed by atoms with Crippen LogP contribution in [0.3, 0.4) is 0 Å². The zero-order valence-corrected chi connectivity index (χ0v) is 35.4. The minimum absolute atomic E-state index is 0.00504. The van der Waals surface area contributed by atoms with Crippen LogP contribution in [0.25, 0.3) is 0 Å². The van der Waals surface area contributed by atoms with E-state index in [-0.39, 0.29) is 4.90 Å². The van der Waals surface area contributed by atoms with Crippen molar-refractivity contribution in [3.63, 3.8) is 0 Å². The van der Waals surface area contributed by atoms with E-state index in [1.807, 2.05) is 12.1 Å². The van der Waals surface area contributed by atoms with Crippen molar-refractivity contribution in [2.75, 3.05) is 19.6 Å². The molecule has 300 valence electrons. The number of rotatable bonds is 39. The van der Waals surface area contributed by atoms with E-state index in [2.05, 4.69) is 20.8 Å². The van der Waals surface area contributed by atoms with Gasteiger partial charge in [0.25, 0.3) is 10.1 Å². The lowest BCUT2D eigenvalue weighted by Crippen LogP contribution is -2.49. The molecule has 0 aliphatic rings. The first kappa shape index (κ1) is 48.1. The monoisotopic (exact) mass is 735 g/mol. The first-order valence-electron chi connectivity index (χ1n) is 22.8. The minimum Gasteiger partial charge on any atom is -0.320 e. The standard InChI is InChI=1S/C46H87NO3S/c1-4-7-10-13-16-19-22-25-28-31-34-41-47(44-45-37-39-46(40-38-45)51(48,49)50,42-35-32-29-26-23-20-17-14-11-8-5-2)43-36-33-30-27-24-21-18-15-12-9-6-3/h37-40H,4-36,41-44H2,1-3H3/p+1. The van der Waals surface area contributed by atoms with Gasteiger partial charge in [-0.05, 0) is 50.7 Å². The zero-order chi connectivity index (χ0) is 37.1. The third-order valence-corrected chi connectivity index (χ3v) is 12.3. The molecule has 1 rings (SSSR count). The van der Waals surface area contributed by atoms with Crippen LogP contribution < -0.4 is 0 Å². The van der Waals surface area contributed by atoms with Gasteiger partial charge >= 0.3 is 0 Å². The molecule has 5 heteroatoms. The third kappa shape index (κ3) is 28.2. The first-order valence-corrected chi connectivity index (χ1v) is 24.2. The van der Waals surface area contributed by atoms with E-state index < -0.39 is 10.1 Å². The number of hydrogen-bond donors (Lipinski definition) is 1. The molecule has 0 aliphatic carbocycles. The van der Waals surface area contributed by atoms with Crippen molar-refractivity contribution in [1.82, 2.24) is 0 Å². The number of hydrogen-bond acceptors (Lipinski definition) is 2. The van der Waals surface area contributed by atoms with Gasteiger partial charge in [0, 0.05) is 5.56 Å². The SMILES string of the molecule is CCCCCCCCCCCCC[N+](CCCCCCCCCCCCC)(CCCCCCCCCCCCC)Cc1ccc(S(=O)(=O)O)cc1. The third-order valence-electron chi connectivity index (χ3n) is 11.4. The van der Waals surface area contributed by atoms with Gasteiger partial charge in [-0.15, -0.1) is 0 Å². The fourth-order valence-electron chi connectivity index (χ4n) is 8.06. The van der Waals surface area contributed by atoms with Crippen molar-refractivity contribution in [2.45, 2.75) is 244 Å². The van der Waals surface area contributed by atoms with E-state index in [0.29, 0.717) is 0 Å². The van der Waals surface area contributed by atoms with Crippen LogP contribution in [0.5, 0.6) is 0 Å². The number of quaternary nitrogens is 1. The number of unbranched alkanes of at least 4 members (excludes halogenated alkanes) is 30. The van der Waals surface area contributed by atoms with Gasteiger partial charge in [-0.25, -0.2) is 0 Å². The second-order valence-electron chi connectivity index (χ2n) is 16.4. The fourth-order valence-corrected chi connectivity index (χ4v) is 8.54. The highest BCUT2D eigenvalue weighted by molar-refractivity contribution is 7.85. The lowest BCUT2D eigenvalue weighted by atomic mass is 10.0. The minimum atomic E-state index is -4.17. The molecule has 0 radical (unpaired) electrons. The topological polar surface area (TPSA) is 54.4 Å². The molecule has 0 atom stereocenters. The van der Waals surface area contributed by atoms with Crippen LogP contribution in [0.15, 0.2) is 29.2 Å². The van der Waals surface area contributed by atoms with Crippen LogP contribution in [-0.2, 0) is 16.7 Å². The Morgan fingerprint density at radius 2 is 0.627 bits per heavy atom. The van der Waals surface area contributed by atoms with Gasteiger partial charge in [0.05, 0.1) is 24.5 Å². The summed E-state index contributed by atoms with van der Waals surface area (Å²) < 4.78 is 34.3. The Labute approximate surface area is 320 Å². The molecule has 0 aliphatic heterocycles. The van der Waals surface area contributed by atoms with Crippen molar-refractivity contribution in [3.8, 4) is 0 Å². The Morgan fingerprint density at radius 3 is 0.863 bits per heavy atom. The van der Waals surface area contributed by atoms with Crippen LogP contribution in [-0.4, -0.2) is 37.1 Å². The molecule has 0 amide bonds. The lowest BCUT2D eigenvalue weighted by Gasteiger charge is -2.39.